The summed E-state index contributed by atoms with van der Waals surface area (Å²) in [7, 11) is 0. The molecule has 3 rings (SSSR count). The monoisotopic (exact) mass is 314 g/mol. The summed E-state index contributed by atoms with van der Waals surface area (Å²) >= 11 is 6.15. The van der Waals surface area contributed by atoms with Gasteiger partial charge in [-0.25, -0.2) is 4.98 Å². The van der Waals surface area contributed by atoms with Crippen molar-refractivity contribution in [1.82, 2.24) is 9.97 Å². The lowest BCUT2D eigenvalue weighted by atomic mass is 10.2. The fourth-order valence-electron chi connectivity index (χ4n) is 2.43. The maximum absolute atomic E-state index is 6.15. The number of H-pyrrole nitrogens is 1. The maximum Gasteiger partial charge on any atom is 0.142 e. The van der Waals surface area contributed by atoms with Gasteiger partial charge in [0.25, 0.3) is 0 Å². The molecule has 1 aromatic heterocycles. The van der Waals surface area contributed by atoms with Gasteiger partial charge in [-0.2, -0.15) is 0 Å². The van der Waals surface area contributed by atoms with Crippen molar-refractivity contribution in [3.8, 4) is 17.1 Å². The number of unbranched alkanes of at least 4 members (excludes halogenated alkanes) is 2. The predicted octanol–water partition coefficient (Wildman–Crippen LogP) is 5.45. The number of benzene rings is 2. The van der Waals surface area contributed by atoms with Crippen LogP contribution < -0.4 is 4.74 Å². The molecule has 0 spiro atoms. The Labute approximate surface area is 135 Å². The number of fused-ring (bicyclic) bond motifs is 1. The van der Waals surface area contributed by atoms with Gasteiger partial charge in [0.1, 0.15) is 11.6 Å². The largest absolute Gasteiger partial charge is 0.493 e. The third-order valence-electron chi connectivity index (χ3n) is 3.59. The van der Waals surface area contributed by atoms with E-state index < -0.39 is 0 Å². The Kier molecular flexibility index (Phi) is 4.64. The molecule has 0 radical (unpaired) electrons. The summed E-state index contributed by atoms with van der Waals surface area (Å²) in [6.07, 6.45) is 3.41. The van der Waals surface area contributed by atoms with Crippen molar-refractivity contribution in [2.75, 3.05) is 6.61 Å². The molecule has 0 aliphatic carbocycles. The highest BCUT2D eigenvalue weighted by Gasteiger charge is 2.11. The summed E-state index contributed by atoms with van der Waals surface area (Å²) in [5, 5.41) is 0.677. The molecule has 22 heavy (non-hydrogen) atoms. The van der Waals surface area contributed by atoms with Crippen LogP contribution in [0, 0.1) is 0 Å². The number of ether oxygens (including phenoxy) is 1. The lowest BCUT2D eigenvalue weighted by molar-refractivity contribution is 0.307. The molecule has 4 heteroatoms. The molecule has 0 bridgehead atoms. The molecule has 3 aromatic rings. The summed E-state index contributed by atoms with van der Waals surface area (Å²) in [5.41, 5.74) is 2.85. The molecule has 0 saturated heterocycles. The van der Waals surface area contributed by atoms with Gasteiger partial charge >= 0.3 is 0 Å². The van der Waals surface area contributed by atoms with Crippen molar-refractivity contribution in [2.45, 2.75) is 26.2 Å². The van der Waals surface area contributed by atoms with Crippen LogP contribution in [-0.4, -0.2) is 16.6 Å². The molecule has 0 saturated carbocycles. The van der Waals surface area contributed by atoms with Gasteiger partial charge in [0.05, 0.1) is 23.2 Å². The van der Waals surface area contributed by atoms with Crippen molar-refractivity contribution >= 4 is 22.6 Å². The van der Waals surface area contributed by atoms with Gasteiger partial charge in [0.2, 0.25) is 0 Å². The highest BCUT2D eigenvalue weighted by molar-refractivity contribution is 6.30. The van der Waals surface area contributed by atoms with Crippen LogP contribution in [0.2, 0.25) is 5.02 Å². The van der Waals surface area contributed by atoms with E-state index in [1.54, 1.807) is 0 Å². The minimum Gasteiger partial charge on any atom is -0.493 e. The molecular formula is C18H19ClN2O. The first-order chi connectivity index (χ1) is 10.8. The number of aromatic nitrogens is 2. The lowest BCUT2D eigenvalue weighted by Crippen LogP contribution is -1.99. The molecule has 0 amide bonds. The summed E-state index contributed by atoms with van der Waals surface area (Å²) in [4.78, 5) is 7.97. The van der Waals surface area contributed by atoms with Crippen LogP contribution in [0.25, 0.3) is 22.4 Å². The number of nitrogens with one attached hydrogen (secondary N) is 1. The molecule has 0 unspecified atom stereocenters. The number of nitrogens with zero attached hydrogens (tertiary/aromatic N) is 1. The Hall–Kier alpha value is -2.00. The third kappa shape index (κ3) is 3.25. The fourth-order valence-corrected chi connectivity index (χ4v) is 2.60. The van der Waals surface area contributed by atoms with Gasteiger partial charge in [0, 0.05) is 5.02 Å². The standard InChI is InChI=1S/C18H19ClN2O/c1-2-3-6-11-22-17-10-9-13(19)12-14(17)18-20-15-7-4-5-8-16(15)21-18/h4-5,7-10,12H,2-3,6,11H2,1H3,(H,20,21). The van der Waals surface area contributed by atoms with Crippen LogP contribution in [0.3, 0.4) is 0 Å². The van der Waals surface area contributed by atoms with E-state index in [-0.39, 0.29) is 0 Å². The number of halogens is 1. The summed E-state index contributed by atoms with van der Waals surface area (Å²) < 4.78 is 5.93. The number of para-hydroxylation sites is 2. The minimum absolute atomic E-state index is 0.677. The van der Waals surface area contributed by atoms with Gasteiger partial charge in [-0.05, 0) is 36.8 Å². The highest BCUT2D eigenvalue weighted by atomic mass is 35.5. The van der Waals surface area contributed by atoms with E-state index in [2.05, 4.69) is 16.9 Å². The molecule has 1 N–H and O–H groups in total. The molecule has 0 atom stereocenters. The van der Waals surface area contributed by atoms with Crippen molar-refractivity contribution in [2.24, 2.45) is 0 Å². The lowest BCUT2D eigenvalue weighted by Gasteiger charge is -2.10. The van der Waals surface area contributed by atoms with Gasteiger partial charge in [-0.1, -0.05) is 43.5 Å². The van der Waals surface area contributed by atoms with E-state index in [1.165, 1.54) is 12.8 Å². The zero-order valence-corrected chi connectivity index (χ0v) is 13.4. The van der Waals surface area contributed by atoms with E-state index in [4.69, 9.17) is 16.3 Å². The van der Waals surface area contributed by atoms with Gasteiger partial charge in [-0.3, -0.25) is 0 Å². The van der Waals surface area contributed by atoms with Crippen LogP contribution in [-0.2, 0) is 0 Å². The Balaban J connectivity index is 1.92. The second-order valence-electron chi connectivity index (χ2n) is 5.30. The van der Waals surface area contributed by atoms with Gasteiger partial charge in [0.15, 0.2) is 0 Å². The minimum atomic E-state index is 0.677. The Morgan fingerprint density at radius 2 is 2.00 bits per heavy atom. The predicted molar refractivity (Wildman–Crippen MR) is 91.6 cm³/mol. The summed E-state index contributed by atoms with van der Waals surface area (Å²) in [5.74, 6) is 1.61. The molecule has 0 fully saturated rings. The molecule has 0 aliphatic rings. The number of hydrogen-bond donors (Lipinski definition) is 1. The van der Waals surface area contributed by atoms with Gasteiger partial charge in [-0.15, -0.1) is 0 Å². The van der Waals surface area contributed by atoms with Crippen LogP contribution in [0.5, 0.6) is 5.75 Å². The van der Waals surface area contributed by atoms with E-state index in [1.807, 2.05) is 42.5 Å². The number of aromatic amines is 1. The second kappa shape index (κ2) is 6.84. The molecule has 2 aromatic carbocycles. The first-order valence-electron chi connectivity index (χ1n) is 7.65. The average molecular weight is 315 g/mol. The Morgan fingerprint density at radius 1 is 1.14 bits per heavy atom. The molecule has 114 valence electrons. The van der Waals surface area contributed by atoms with Crippen LogP contribution in [0.15, 0.2) is 42.5 Å². The third-order valence-corrected chi connectivity index (χ3v) is 3.83. The maximum atomic E-state index is 6.15. The zero-order valence-electron chi connectivity index (χ0n) is 12.6. The van der Waals surface area contributed by atoms with Crippen molar-refractivity contribution in [3.63, 3.8) is 0 Å². The number of hydrogen-bond acceptors (Lipinski definition) is 2. The highest BCUT2D eigenvalue weighted by Crippen LogP contribution is 2.32. The normalized spacial score (nSPS) is 11.0. The van der Waals surface area contributed by atoms with Gasteiger partial charge < -0.3 is 9.72 Å². The number of imidazole rings is 1. The molecular weight excluding hydrogens is 296 g/mol. The molecule has 0 aliphatic heterocycles. The summed E-state index contributed by atoms with van der Waals surface area (Å²) in [6, 6.07) is 13.6. The van der Waals surface area contributed by atoms with Crippen LogP contribution in [0.4, 0.5) is 0 Å². The topological polar surface area (TPSA) is 37.9 Å². The average Bonchev–Trinajstić information content (AvgIpc) is 2.96. The summed E-state index contributed by atoms with van der Waals surface area (Å²) in [6.45, 7) is 2.89. The Bertz CT molecular complexity index is 734. The van der Waals surface area contributed by atoms with E-state index in [0.29, 0.717) is 11.6 Å². The number of rotatable bonds is 6. The molecule has 3 nitrogen and oxygen atoms in total. The Morgan fingerprint density at radius 3 is 2.82 bits per heavy atom. The van der Waals surface area contributed by atoms with E-state index in [0.717, 1.165) is 34.6 Å². The van der Waals surface area contributed by atoms with Crippen LogP contribution >= 0.6 is 11.6 Å². The fraction of sp³-hybridized carbons (Fsp3) is 0.278. The second-order valence-corrected chi connectivity index (χ2v) is 5.74. The van der Waals surface area contributed by atoms with Crippen molar-refractivity contribution < 1.29 is 4.74 Å². The quantitative estimate of drug-likeness (QED) is 0.614. The van der Waals surface area contributed by atoms with Crippen molar-refractivity contribution in [1.29, 1.82) is 0 Å². The van der Waals surface area contributed by atoms with Crippen molar-refractivity contribution in [3.05, 3.63) is 47.5 Å². The SMILES string of the molecule is CCCCCOc1ccc(Cl)cc1-c1nc2ccccc2[nH]1. The molecule has 1 heterocycles. The zero-order chi connectivity index (χ0) is 15.4. The van der Waals surface area contributed by atoms with Crippen LogP contribution in [0.1, 0.15) is 26.2 Å². The smallest absolute Gasteiger partial charge is 0.142 e. The van der Waals surface area contributed by atoms with E-state index >= 15 is 0 Å². The van der Waals surface area contributed by atoms with E-state index in [9.17, 15) is 0 Å². The first kappa shape index (κ1) is 14.9. The first-order valence-corrected chi connectivity index (χ1v) is 8.03.